The maximum atomic E-state index is 12.3. The molecule has 2 rings (SSSR count). The van der Waals surface area contributed by atoms with Crippen LogP contribution in [0.25, 0.3) is 0 Å². The highest BCUT2D eigenvalue weighted by Crippen LogP contribution is 2.52. The van der Waals surface area contributed by atoms with Gasteiger partial charge in [-0.25, -0.2) is 4.79 Å². The molecule has 0 aromatic rings. The SMILES string of the molecule is CC(C)=CC(=O)O[C@@H]1CCC2=CC(=O)C(=C(C)C)C[C@]2(C)[C@H]1C. The third-order valence-electron chi connectivity index (χ3n) is 5.42. The van der Waals surface area contributed by atoms with E-state index in [4.69, 9.17) is 4.74 Å². The Hall–Kier alpha value is -1.64. The summed E-state index contributed by atoms with van der Waals surface area (Å²) < 4.78 is 5.71. The number of hydrogen-bond donors (Lipinski definition) is 0. The number of carbonyl (C=O) groups excluding carboxylic acids is 2. The van der Waals surface area contributed by atoms with Crippen molar-refractivity contribution in [1.29, 1.82) is 0 Å². The zero-order valence-electron chi connectivity index (χ0n) is 15.2. The zero-order chi connectivity index (χ0) is 17.4. The fraction of sp³-hybridized carbons (Fsp3) is 0.600. The maximum absolute atomic E-state index is 12.3. The van der Waals surface area contributed by atoms with E-state index in [1.54, 1.807) is 6.08 Å². The lowest BCUT2D eigenvalue weighted by Crippen LogP contribution is -2.44. The molecule has 0 radical (unpaired) electrons. The molecule has 0 aromatic heterocycles. The number of rotatable bonds is 2. The van der Waals surface area contributed by atoms with Gasteiger partial charge in [-0.15, -0.1) is 0 Å². The van der Waals surface area contributed by atoms with Gasteiger partial charge in [-0.1, -0.05) is 30.6 Å². The van der Waals surface area contributed by atoms with Gasteiger partial charge in [-0.05, 0) is 64.0 Å². The molecule has 3 atom stereocenters. The molecule has 1 fully saturated rings. The monoisotopic (exact) mass is 316 g/mol. The van der Waals surface area contributed by atoms with Crippen LogP contribution in [0.4, 0.5) is 0 Å². The molecule has 0 heterocycles. The van der Waals surface area contributed by atoms with E-state index in [2.05, 4.69) is 13.8 Å². The Morgan fingerprint density at radius 1 is 1.30 bits per heavy atom. The van der Waals surface area contributed by atoms with Crippen LogP contribution in [-0.2, 0) is 14.3 Å². The Morgan fingerprint density at radius 2 is 1.96 bits per heavy atom. The van der Waals surface area contributed by atoms with Crippen LogP contribution in [0.15, 0.2) is 34.4 Å². The smallest absolute Gasteiger partial charge is 0.330 e. The van der Waals surface area contributed by atoms with Crippen LogP contribution >= 0.6 is 0 Å². The summed E-state index contributed by atoms with van der Waals surface area (Å²) in [5.41, 5.74) is 4.06. The van der Waals surface area contributed by atoms with Crippen LogP contribution in [0.3, 0.4) is 0 Å². The Labute approximate surface area is 139 Å². The maximum Gasteiger partial charge on any atom is 0.330 e. The topological polar surface area (TPSA) is 43.4 Å². The van der Waals surface area contributed by atoms with E-state index in [1.165, 1.54) is 5.57 Å². The molecule has 0 saturated heterocycles. The highest BCUT2D eigenvalue weighted by Gasteiger charge is 2.47. The van der Waals surface area contributed by atoms with E-state index in [-0.39, 0.29) is 29.2 Å². The molecule has 0 N–H and O–H groups in total. The Bertz CT molecular complexity index is 613. The molecule has 23 heavy (non-hydrogen) atoms. The minimum Gasteiger partial charge on any atom is -0.459 e. The van der Waals surface area contributed by atoms with Gasteiger partial charge in [0.25, 0.3) is 0 Å². The number of ether oxygens (including phenoxy) is 1. The molecule has 3 nitrogen and oxygen atoms in total. The van der Waals surface area contributed by atoms with Crippen molar-refractivity contribution in [2.24, 2.45) is 11.3 Å². The van der Waals surface area contributed by atoms with Crippen molar-refractivity contribution in [3.63, 3.8) is 0 Å². The minimum atomic E-state index is -0.257. The second-order valence-electron chi connectivity index (χ2n) is 7.63. The van der Waals surface area contributed by atoms with Crippen LogP contribution in [-0.4, -0.2) is 17.9 Å². The van der Waals surface area contributed by atoms with Gasteiger partial charge >= 0.3 is 5.97 Å². The van der Waals surface area contributed by atoms with Crippen LogP contribution < -0.4 is 0 Å². The Balaban J connectivity index is 2.27. The van der Waals surface area contributed by atoms with Crippen molar-refractivity contribution in [3.8, 4) is 0 Å². The second kappa shape index (κ2) is 6.46. The molecule has 0 amide bonds. The molecule has 2 aliphatic rings. The predicted molar refractivity (Wildman–Crippen MR) is 91.9 cm³/mol. The van der Waals surface area contributed by atoms with Gasteiger partial charge < -0.3 is 4.74 Å². The average Bonchev–Trinajstić information content (AvgIpc) is 2.43. The van der Waals surface area contributed by atoms with E-state index in [0.717, 1.165) is 36.0 Å². The Morgan fingerprint density at radius 3 is 2.52 bits per heavy atom. The van der Waals surface area contributed by atoms with Gasteiger partial charge in [0.15, 0.2) is 5.78 Å². The summed E-state index contributed by atoms with van der Waals surface area (Å²) in [5.74, 6) is 0.0938. The lowest BCUT2D eigenvalue weighted by Gasteiger charge is -2.48. The first-order valence-electron chi connectivity index (χ1n) is 8.42. The number of fused-ring (bicyclic) bond motifs is 1. The summed E-state index contributed by atoms with van der Waals surface area (Å²) in [6, 6.07) is 0. The van der Waals surface area contributed by atoms with Crippen molar-refractivity contribution < 1.29 is 14.3 Å². The molecule has 0 spiro atoms. The fourth-order valence-corrected chi connectivity index (χ4v) is 3.75. The summed E-state index contributed by atoms with van der Waals surface area (Å²) in [7, 11) is 0. The summed E-state index contributed by atoms with van der Waals surface area (Å²) in [4.78, 5) is 24.3. The molecule has 0 aliphatic heterocycles. The Kier molecular flexibility index (Phi) is 4.98. The van der Waals surface area contributed by atoms with Crippen molar-refractivity contribution in [3.05, 3.63) is 34.4 Å². The molecule has 1 saturated carbocycles. The molecule has 3 heteroatoms. The van der Waals surface area contributed by atoms with Crippen molar-refractivity contribution in [1.82, 2.24) is 0 Å². The molecular weight excluding hydrogens is 288 g/mol. The third-order valence-corrected chi connectivity index (χ3v) is 5.42. The quantitative estimate of drug-likeness (QED) is 0.555. The van der Waals surface area contributed by atoms with Crippen LogP contribution in [0.1, 0.15) is 60.8 Å². The van der Waals surface area contributed by atoms with E-state index in [0.29, 0.717) is 0 Å². The minimum absolute atomic E-state index is 0.0909. The van der Waals surface area contributed by atoms with Crippen LogP contribution in [0, 0.1) is 11.3 Å². The van der Waals surface area contributed by atoms with Gasteiger partial charge in [-0.2, -0.15) is 0 Å². The number of carbonyl (C=O) groups is 2. The van der Waals surface area contributed by atoms with Gasteiger partial charge in [0.2, 0.25) is 0 Å². The van der Waals surface area contributed by atoms with Gasteiger partial charge in [-0.3, -0.25) is 4.79 Å². The highest BCUT2D eigenvalue weighted by molar-refractivity contribution is 6.06. The van der Waals surface area contributed by atoms with Gasteiger partial charge in [0, 0.05) is 12.0 Å². The van der Waals surface area contributed by atoms with Crippen molar-refractivity contribution in [2.75, 3.05) is 0 Å². The van der Waals surface area contributed by atoms with E-state index >= 15 is 0 Å². The van der Waals surface area contributed by atoms with Crippen LogP contribution in [0.5, 0.6) is 0 Å². The summed E-state index contributed by atoms with van der Waals surface area (Å²) in [5, 5.41) is 0. The normalized spacial score (nSPS) is 30.3. The van der Waals surface area contributed by atoms with Crippen molar-refractivity contribution >= 4 is 11.8 Å². The largest absolute Gasteiger partial charge is 0.459 e. The first-order valence-corrected chi connectivity index (χ1v) is 8.42. The predicted octanol–water partition coefficient (Wildman–Crippen LogP) is 4.54. The highest BCUT2D eigenvalue weighted by atomic mass is 16.5. The molecule has 0 unspecified atom stereocenters. The van der Waals surface area contributed by atoms with Gasteiger partial charge in [0.1, 0.15) is 6.10 Å². The van der Waals surface area contributed by atoms with Gasteiger partial charge in [0.05, 0.1) is 0 Å². The molecule has 0 bridgehead atoms. The number of allylic oxidation sites excluding steroid dienone is 5. The molecular formula is C20H28O3. The molecule has 126 valence electrons. The lowest BCUT2D eigenvalue weighted by atomic mass is 9.58. The number of esters is 1. The van der Waals surface area contributed by atoms with Crippen LogP contribution in [0.2, 0.25) is 0 Å². The summed E-state index contributed by atoms with van der Waals surface area (Å²) in [6.07, 6.45) is 5.66. The standard InChI is InChI=1S/C20H28O3/c1-12(2)9-19(22)23-18-8-7-15-10-17(21)16(13(3)4)11-20(15,6)14(18)5/h9-10,14,18H,7-8,11H2,1-6H3/t14-,18+,20+/m0/s1. The van der Waals surface area contributed by atoms with E-state index < -0.39 is 0 Å². The third kappa shape index (κ3) is 3.49. The lowest BCUT2D eigenvalue weighted by molar-refractivity contribution is -0.149. The average molecular weight is 316 g/mol. The van der Waals surface area contributed by atoms with E-state index in [1.807, 2.05) is 33.8 Å². The first kappa shape index (κ1) is 17.7. The van der Waals surface area contributed by atoms with Crippen molar-refractivity contribution in [2.45, 2.75) is 66.9 Å². The summed E-state index contributed by atoms with van der Waals surface area (Å²) >= 11 is 0. The second-order valence-corrected chi connectivity index (χ2v) is 7.63. The zero-order valence-corrected chi connectivity index (χ0v) is 15.2. The summed E-state index contributed by atoms with van der Waals surface area (Å²) in [6.45, 7) is 12.1. The molecule has 2 aliphatic carbocycles. The fourth-order valence-electron chi connectivity index (χ4n) is 3.75. The number of ketones is 1. The first-order chi connectivity index (χ1) is 10.6. The molecule has 0 aromatic carbocycles. The number of hydrogen-bond acceptors (Lipinski definition) is 3. The van der Waals surface area contributed by atoms with E-state index in [9.17, 15) is 9.59 Å².